The standard InChI is InChI=1S/C12H12ClF2N3O/c1-18-9(4-5-17-18)7-16-8-2-3-11(10(13)6-8)19-12(14)15/h2-6,12,16H,7H2,1H3. The molecule has 0 aliphatic carbocycles. The van der Waals surface area contributed by atoms with Gasteiger partial charge in [0.25, 0.3) is 0 Å². The number of alkyl halides is 2. The maximum absolute atomic E-state index is 12.1. The number of benzene rings is 1. The van der Waals surface area contributed by atoms with E-state index in [1.54, 1.807) is 16.9 Å². The largest absolute Gasteiger partial charge is 0.433 e. The first kappa shape index (κ1) is 13.6. The molecule has 1 aromatic carbocycles. The Kier molecular flexibility index (Phi) is 4.21. The second-order valence-electron chi connectivity index (χ2n) is 3.82. The Morgan fingerprint density at radius 3 is 2.79 bits per heavy atom. The van der Waals surface area contributed by atoms with Crippen LogP contribution >= 0.6 is 11.6 Å². The molecule has 0 spiro atoms. The SMILES string of the molecule is Cn1nccc1CNc1ccc(OC(F)F)c(Cl)c1. The predicted molar refractivity (Wildman–Crippen MR) is 68.6 cm³/mol. The molecule has 0 atom stereocenters. The third kappa shape index (κ3) is 3.57. The van der Waals surface area contributed by atoms with Gasteiger partial charge in [-0.15, -0.1) is 0 Å². The van der Waals surface area contributed by atoms with Crippen molar-refractivity contribution < 1.29 is 13.5 Å². The topological polar surface area (TPSA) is 39.1 Å². The van der Waals surface area contributed by atoms with Gasteiger partial charge >= 0.3 is 6.61 Å². The van der Waals surface area contributed by atoms with E-state index in [0.717, 1.165) is 5.69 Å². The monoisotopic (exact) mass is 287 g/mol. The highest BCUT2D eigenvalue weighted by Gasteiger charge is 2.09. The maximum atomic E-state index is 12.1. The summed E-state index contributed by atoms with van der Waals surface area (Å²) < 4.78 is 30.1. The number of anilines is 1. The third-order valence-electron chi connectivity index (χ3n) is 2.54. The van der Waals surface area contributed by atoms with Gasteiger partial charge in [0.2, 0.25) is 0 Å². The van der Waals surface area contributed by atoms with E-state index in [1.807, 2.05) is 13.1 Å². The first-order valence-electron chi connectivity index (χ1n) is 5.51. The Bertz CT molecular complexity index is 560. The second-order valence-corrected chi connectivity index (χ2v) is 4.23. The Hall–Kier alpha value is -1.82. The zero-order chi connectivity index (χ0) is 13.8. The molecule has 0 bridgehead atoms. The summed E-state index contributed by atoms with van der Waals surface area (Å²) in [6.45, 7) is -2.33. The number of rotatable bonds is 5. The summed E-state index contributed by atoms with van der Waals surface area (Å²) in [7, 11) is 1.84. The molecule has 1 N–H and O–H groups in total. The zero-order valence-electron chi connectivity index (χ0n) is 10.1. The van der Waals surface area contributed by atoms with Crippen molar-refractivity contribution >= 4 is 17.3 Å². The second kappa shape index (κ2) is 5.88. The highest BCUT2D eigenvalue weighted by Crippen LogP contribution is 2.29. The number of aromatic nitrogens is 2. The smallest absolute Gasteiger partial charge is 0.387 e. The lowest BCUT2D eigenvalue weighted by Gasteiger charge is -2.10. The summed E-state index contributed by atoms with van der Waals surface area (Å²) in [5, 5.41) is 7.30. The number of nitrogens with zero attached hydrogens (tertiary/aromatic N) is 2. The summed E-state index contributed by atoms with van der Waals surface area (Å²) in [6.07, 6.45) is 1.70. The van der Waals surface area contributed by atoms with Crippen molar-refractivity contribution in [3.63, 3.8) is 0 Å². The summed E-state index contributed by atoms with van der Waals surface area (Å²) in [4.78, 5) is 0. The van der Waals surface area contributed by atoms with E-state index in [2.05, 4.69) is 15.2 Å². The highest BCUT2D eigenvalue weighted by molar-refractivity contribution is 6.32. The first-order valence-corrected chi connectivity index (χ1v) is 5.89. The summed E-state index contributed by atoms with van der Waals surface area (Å²) in [5.41, 5.74) is 1.71. The summed E-state index contributed by atoms with van der Waals surface area (Å²) in [6, 6.07) is 6.44. The molecular formula is C12H12ClF2N3O. The van der Waals surface area contributed by atoms with Crippen molar-refractivity contribution in [2.24, 2.45) is 7.05 Å². The average molecular weight is 288 g/mol. The molecule has 19 heavy (non-hydrogen) atoms. The molecule has 0 aliphatic rings. The maximum Gasteiger partial charge on any atom is 0.387 e. The van der Waals surface area contributed by atoms with E-state index in [-0.39, 0.29) is 10.8 Å². The predicted octanol–water partition coefficient (Wildman–Crippen LogP) is 3.29. The number of aryl methyl sites for hydroxylation is 1. The molecule has 0 fully saturated rings. The van der Waals surface area contributed by atoms with Crippen molar-refractivity contribution in [2.75, 3.05) is 5.32 Å². The van der Waals surface area contributed by atoms with E-state index in [9.17, 15) is 8.78 Å². The lowest BCUT2D eigenvalue weighted by molar-refractivity contribution is -0.0497. The Morgan fingerprint density at radius 1 is 1.42 bits per heavy atom. The van der Waals surface area contributed by atoms with Crippen molar-refractivity contribution in [1.29, 1.82) is 0 Å². The molecule has 102 valence electrons. The van der Waals surface area contributed by atoms with E-state index in [4.69, 9.17) is 11.6 Å². The number of hydrogen-bond donors (Lipinski definition) is 1. The van der Waals surface area contributed by atoms with Gasteiger partial charge in [0.1, 0.15) is 5.75 Å². The highest BCUT2D eigenvalue weighted by atomic mass is 35.5. The Labute approximate surface area is 113 Å². The molecule has 1 aromatic heterocycles. The van der Waals surface area contributed by atoms with Gasteiger partial charge in [-0.1, -0.05) is 11.6 Å². The van der Waals surface area contributed by atoms with Gasteiger partial charge in [-0.2, -0.15) is 13.9 Å². The molecule has 0 aliphatic heterocycles. The molecule has 0 saturated carbocycles. The van der Waals surface area contributed by atoms with E-state index >= 15 is 0 Å². The molecule has 0 saturated heterocycles. The van der Waals surface area contributed by atoms with Crippen molar-refractivity contribution in [3.05, 3.63) is 41.2 Å². The fourth-order valence-corrected chi connectivity index (χ4v) is 1.79. The number of hydrogen-bond acceptors (Lipinski definition) is 3. The molecule has 2 rings (SSSR count). The fourth-order valence-electron chi connectivity index (χ4n) is 1.57. The molecule has 0 unspecified atom stereocenters. The van der Waals surface area contributed by atoms with Gasteiger partial charge in [-0.05, 0) is 24.3 Å². The van der Waals surface area contributed by atoms with Crippen LogP contribution < -0.4 is 10.1 Å². The van der Waals surface area contributed by atoms with Crippen molar-refractivity contribution in [3.8, 4) is 5.75 Å². The Morgan fingerprint density at radius 2 is 2.21 bits per heavy atom. The van der Waals surface area contributed by atoms with Gasteiger partial charge in [-0.25, -0.2) is 0 Å². The molecule has 1 heterocycles. The minimum absolute atomic E-state index is 0.0391. The van der Waals surface area contributed by atoms with Crippen LogP contribution in [-0.4, -0.2) is 16.4 Å². The normalized spacial score (nSPS) is 10.8. The van der Waals surface area contributed by atoms with Crippen molar-refractivity contribution in [2.45, 2.75) is 13.2 Å². The number of halogens is 3. The minimum atomic E-state index is -2.88. The van der Waals surface area contributed by atoms with Gasteiger partial charge in [0.05, 0.1) is 17.3 Å². The van der Waals surface area contributed by atoms with E-state index in [0.29, 0.717) is 12.2 Å². The average Bonchev–Trinajstić information content (AvgIpc) is 2.75. The number of nitrogens with one attached hydrogen (secondary N) is 1. The molecule has 0 amide bonds. The van der Waals surface area contributed by atoms with Crippen LogP contribution in [0.1, 0.15) is 5.69 Å². The molecule has 4 nitrogen and oxygen atoms in total. The van der Waals surface area contributed by atoms with Crippen LogP contribution in [-0.2, 0) is 13.6 Å². The van der Waals surface area contributed by atoms with Crippen LogP contribution in [0.2, 0.25) is 5.02 Å². The zero-order valence-corrected chi connectivity index (χ0v) is 10.9. The van der Waals surface area contributed by atoms with Crippen LogP contribution in [0.3, 0.4) is 0 Å². The Balaban J connectivity index is 2.02. The lowest BCUT2D eigenvalue weighted by Crippen LogP contribution is -2.06. The number of ether oxygens (including phenoxy) is 1. The van der Waals surface area contributed by atoms with Crippen LogP contribution in [0.5, 0.6) is 5.75 Å². The van der Waals surface area contributed by atoms with Gasteiger partial charge in [-0.3, -0.25) is 4.68 Å². The molecule has 2 aromatic rings. The fraction of sp³-hybridized carbons (Fsp3) is 0.250. The van der Waals surface area contributed by atoms with Crippen LogP contribution in [0.4, 0.5) is 14.5 Å². The third-order valence-corrected chi connectivity index (χ3v) is 2.84. The van der Waals surface area contributed by atoms with Gasteiger partial charge in [0.15, 0.2) is 0 Å². The van der Waals surface area contributed by atoms with Crippen LogP contribution in [0, 0.1) is 0 Å². The molecule has 0 radical (unpaired) electrons. The minimum Gasteiger partial charge on any atom is -0.433 e. The first-order chi connectivity index (χ1) is 9.06. The van der Waals surface area contributed by atoms with Gasteiger partial charge < -0.3 is 10.1 Å². The quantitative estimate of drug-likeness (QED) is 0.917. The molecular weight excluding hydrogens is 276 g/mol. The lowest BCUT2D eigenvalue weighted by atomic mass is 10.3. The van der Waals surface area contributed by atoms with Crippen molar-refractivity contribution in [1.82, 2.24) is 9.78 Å². The van der Waals surface area contributed by atoms with Gasteiger partial charge in [0, 0.05) is 18.9 Å². The van der Waals surface area contributed by atoms with Crippen LogP contribution in [0.25, 0.3) is 0 Å². The van der Waals surface area contributed by atoms with Crippen LogP contribution in [0.15, 0.2) is 30.5 Å². The molecule has 7 heteroatoms. The van der Waals surface area contributed by atoms with E-state index < -0.39 is 6.61 Å². The summed E-state index contributed by atoms with van der Waals surface area (Å²) >= 11 is 5.85. The van der Waals surface area contributed by atoms with E-state index in [1.165, 1.54) is 12.1 Å². The summed E-state index contributed by atoms with van der Waals surface area (Å²) in [5.74, 6) is -0.0391.